The Bertz CT molecular complexity index is 1230. The lowest BCUT2D eigenvalue weighted by Crippen LogP contribution is -2.41. The minimum absolute atomic E-state index is 0.0399. The van der Waals surface area contributed by atoms with Gasteiger partial charge in [0.25, 0.3) is 17.5 Å². The van der Waals surface area contributed by atoms with Gasteiger partial charge in [0, 0.05) is 30.7 Å². The summed E-state index contributed by atoms with van der Waals surface area (Å²) in [7, 11) is 0. The zero-order valence-electron chi connectivity index (χ0n) is 18.7. The number of benzene rings is 2. The van der Waals surface area contributed by atoms with Gasteiger partial charge in [0.15, 0.2) is 0 Å². The second-order valence-electron chi connectivity index (χ2n) is 7.55. The normalized spacial score (nSPS) is 14.8. The number of carbonyl (C=O) groups is 3. The summed E-state index contributed by atoms with van der Waals surface area (Å²) < 4.78 is 0.424. The SMILES string of the molecule is CC(/C=C1\SC(=S)N(CCCC(=O)NNC(=O)c2cccc([N+](=O)[O-])c2)C1=O)=C\c1ccccc1. The van der Waals surface area contributed by atoms with E-state index in [-0.39, 0.29) is 30.1 Å². The number of nitrogens with zero attached hydrogens (tertiary/aromatic N) is 2. The summed E-state index contributed by atoms with van der Waals surface area (Å²) in [6.45, 7) is 2.17. The van der Waals surface area contributed by atoms with Gasteiger partial charge in [0.05, 0.1) is 9.83 Å². The van der Waals surface area contributed by atoms with Gasteiger partial charge in [-0.1, -0.05) is 66.5 Å². The van der Waals surface area contributed by atoms with Gasteiger partial charge in [-0.05, 0) is 36.6 Å². The number of nitrogens with one attached hydrogen (secondary N) is 2. The van der Waals surface area contributed by atoms with Crippen molar-refractivity contribution in [3.05, 3.63) is 92.4 Å². The summed E-state index contributed by atoms with van der Waals surface area (Å²) in [5, 5.41) is 10.8. The highest BCUT2D eigenvalue weighted by molar-refractivity contribution is 8.26. The van der Waals surface area contributed by atoms with Crippen LogP contribution in [-0.4, -0.2) is 38.4 Å². The number of amides is 3. The van der Waals surface area contributed by atoms with Crippen molar-refractivity contribution in [3.63, 3.8) is 0 Å². The first-order valence-corrected chi connectivity index (χ1v) is 11.8. The second-order valence-corrected chi connectivity index (χ2v) is 9.22. The Balaban J connectivity index is 1.47. The van der Waals surface area contributed by atoms with E-state index in [1.165, 1.54) is 34.9 Å². The molecule has 1 saturated heterocycles. The third-order valence-electron chi connectivity index (χ3n) is 4.85. The van der Waals surface area contributed by atoms with E-state index in [0.29, 0.717) is 15.6 Å². The highest BCUT2D eigenvalue weighted by Gasteiger charge is 2.31. The summed E-state index contributed by atoms with van der Waals surface area (Å²) in [5.74, 6) is -1.35. The number of hydrogen-bond donors (Lipinski definition) is 2. The number of non-ortho nitro benzene ring substituents is 1. The van der Waals surface area contributed by atoms with Crippen molar-refractivity contribution in [3.8, 4) is 0 Å². The van der Waals surface area contributed by atoms with Crippen LogP contribution >= 0.6 is 24.0 Å². The number of nitro groups is 1. The lowest BCUT2D eigenvalue weighted by atomic mass is 10.1. The average molecular weight is 511 g/mol. The molecule has 180 valence electrons. The van der Waals surface area contributed by atoms with Crippen molar-refractivity contribution in [2.45, 2.75) is 19.8 Å². The van der Waals surface area contributed by atoms with Crippen molar-refractivity contribution in [2.75, 3.05) is 6.54 Å². The number of thiocarbonyl (C=S) groups is 1. The first kappa shape index (κ1) is 25.8. The van der Waals surface area contributed by atoms with Gasteiger partial charge < -0.3 is 0 Å². The van der Waals surface area contributed by atoms with Crippen LogP contribution in [0.4, 0.5) is 5.69 Å². The number of nitro benzene ring substituents is 1. The van der Waals surface area contributed by atoms with Crippen molar-refractivity contribution in [2.24, 2.45) is 0 Å². The molecule has 1 aliphatic heterocycles. The highest BCUT2D eigenvalue weighted by Crippen LogP contribution is 2.32. The predicted octanol–water partition coefficient (Wildman–Crippen LogP) is 3.98. The molecule has 3 rings (SSSR count). The fraction of sp³-hybridized carbons (Fsp3) is 0.167. The molecule has 11 heteroatoms. The maximum absolute atomic E-state index is 12.7. The molecule has 2 N–H and O–H groups in total. The monoisotopic (exact) mass is 510 g/mol. The Labute approximate surface area is 211 Å². The summed E-state index contributed by atoms with van der Waals surface area (Å²) in [6, 6.07) is 14.9. The highest BCUT2D eigenvalue weighted by atomic mass is 32.2. The van der Waals surface area contributed by atoms with Crippen LogP contribution in [-0.2, 0) is 9.59 Å². The molecule has 1 aliphatic rings. The largest absolute Gasteiger partial charge is 0.293 e. The Kier molecular flexibility index (Phi) is 8.87. The van der Waals surface area contributed by atoms with E-state index in [9.17, 15) is 24.5 Å². The van der Waals surface area contributed by atoms with E-state index in [1.54, 1.807) is 6.08 Å². The van der Waals surface area contributed by atoms with E-state index in [0.717, 1.165) is 17.2 Å². The molecule has 35 heavy (non-hydrogen) atoms. The molecule has 2 aromatic carbocycles. The quantitative estimate of drug-likeness (QED) is 0.238. The lowest BCUT2D eigenvalue weighted by molar-refractivity contribution is -0.384. The molecule has 0 bridgehead atoms. The van der Waals surface area contributed by atoms with E-state index in [2.05, 4.69) is 10.9 Å². The number of carbonyl (C=O) groups excluding carboxylic acids is 3. The topological polar surface area (TPSA) is 122 Å². The first-order chi connectivity index (χ1) is 16.7. The molecule has 0 radical (unpaired) electrons. The second kappa shape index (κ2) is 12.0. The molecule has 0 atom stereocenters. The maximum Gasteiger partial charge on any atom is 0.270 e. The molecule has 0 aromatic heterocycles. The summed E-state index contributed by atoms with van der Waals surface area (Å²) in [5.41, 5.74) is 6.24. The van der Waals surface area contributed by atoms with Gasteiger partial charge in [-0.25, -0.2) is 0 Å². The molecular formula is C24H22N4O5S2. The Morgan fingerprint density at radius 2 is 1.89 bits per heavy atom. The molecule has 0 aliphatic carbocycles. The molecule has 1 heterocycles. The summed E-state index contributed by atoms with van der Waals surface area (Å²) in [4.78, 5) is 49.1. The van der Waals surface area contributed by atoms with Crippen LogP contribution < -0.4 is 10.9 Å². The van der Waals surface area contributed by atoms with Gasteiger partial charge in [0.2, 0.25) is 5.91 Å². The summed E-state index contributed by atoms with van der Waals surface area (Å²) in [6.07, 6.45) is 4.14. The predicted molar refractivity (Wildman–Crippen MR) is 138 cm³/mol. The molecule has 0 unspecified atom stereocenters. The Morgan fingerprint density at radius 3 is 2.60 bits per heavy atom. The number of hydrazine groups is 1. The Hall–Kier alpha value is -3.83. The molecule has 0 saturated carbocycles. The molecule has 3 amide bonds. The minimum atomic E-state index is -0.678. The first-order valence-electron chi connectivity index (χ1n) is 10.6. The van der Waals surface area contributed by atoms with Crippen LogP contribution in [0.25, 0.3) is 6.08 Å². The number of thioether (sulfide) groups is 1. The van der Waals surface area contributed by atoms with Crippen molar-refractivity contribution in [1.82, 2.24) is 15.8 Å². The zero-order valence-corrected chi connectivity index (χ0v) is 20.4. The smallest absolute Gasteiger partial charge is 0.270 e. The average Bonchev–Trinajstić information content (AvgIpc) is 3.10. The molecular weight excluding hydrogens is 488 g/mol. The van der Waals surface area contributed by atoms with Crippen LogP contribution in [0, 0.1) is 10.1 Å². The molecule has 1 fully saturated rings. The van der Waals surface area contributed by atoms with Gasteiger partial charge in [-0.2, -0.15) is 0 Å². The van der Waals surface area contributed by atoms with Crippen molar-refractivity contribution < 1.29 is 19.3 Å². The van der Waals surface area contributed by atoms with Crippen LogP contribution in [0.15, 0.2) is 71.2 Å². The van der Waals surface area contributed by atoms with Crippen LogP contribution in [0.3, 0.4) is 0 Å². The van der Waals surface area contributed by atoms with Gasteiger partial charge in [-0.3, -0.25) is 40.2 Å². The molecule has 2 aromatic rings. The fourth-order valence-electron chi connectivity index (χ4n) is 3.17. The zero-order chi connectivity index (χ0) is 25.4. The maximum atomic E-state index is 12.7. The summed E-state index contributed by atoms with van der Waals surface area (Å²) >= 11 is 6.54. The van der Waals surface area contributed by atoms with E-state index in [1.807, 2.05) is 43.3 Å². The molecule has 0 spiro atoms. The fourth-order valence-corrected chi connectivity index (χ4v) is 4.53. The third kappa shape index (κ3) is 7.33. The third-order valence-corrected chi connectivity index (χ3v) is 6.22. The van der Waals surface area contributed by atoms with Crippen molar-refractivity contribution in [1.29, 1.82) is 0 Å². The lowest BCUT2D eigenvalue weighted by Gasteiger charge is -2.14. The van der Waals surface area contributed by atoms with Crippen molar-refractivity contribution >= 4 is 57.8 Å². The Morgan fingerprint density at radius 1 is 1.14 bits per heavy atom. The van der Waals surface area contributed by atoms with Crippen LogP contribution in [0.2, 0.25) is 0 Å². The van der Waals surface area contributed by atoms with Gasteiger partial charge in [-0.15, -0.1) is 0 Å². The number of hydrogen-bond acceptors (Lipinski definition) is 7. The van der Waals surface area contributed by atoms with E-state index >= 15 is 0 Å². The van der Waals surface area contributed by atoms with Crippen LogP contribution in [0.1, 0.15) is 35.7 Å². The number of allylic oxidation sites excluding steroid dienone is 2. The van der Waals surface area contributed by atoms with E-state index in [4.69, 9.17) is 12.2 Å². The number of rotatable bonds is 8. The molecule has 9 nitrogen and oxygen atoms in total. The van der Waals surface area contributed by atoms with E-state index < -0.39 is 16.7 Å². The van der Waals surface area contributed by atoms with Crippen LogP contribution in [0.5, 0.6) is 0 Å². The van der Waals surface area contributed by atoms with Gasteiger partial charge in [0.1, 0.15) is 4.32 Å². The minimum Gasteiger partial charge on any atom is -0.293 e. The standard InChI is InChI=1S/C24H22N4O5S2/c1-16(13-17-7-3-2-4-8-17)14-20-23(31)27(24(34)35-20)12-6-11-21(29)25-26-22(30)18-9-5-10-19(15-18)28(32)33/h2-5,7-10,13-15H,6,11-12H2,1H3,(H,25,29)(H,26,30)/b16-13+,20-14-. The van der Waals surface area contributed by atoms with Gasteiger partial charge >= 0.3 is 0 Å².